The SMILES string of the molecule is CCNC(=O)COc1ccc(Cl)cc1CNC(=O)Cc1c(C)ccn(NCc2cc(C)n(-n3cnnc3)c2C)c1=O. The van der Waals surface area contributed by atoms with Crippen molar-refractivity contribution >= 4 is 23.4 Å². The minimum absolute atomic E-state index is 0.106. The molecular weight excluding hydrogens is 548 g/mol. The van der Waals surface area contributed by atoms with E-state index in [0.29, 0.717) is 40.6 Å². The normalized spacial score (nSPS) is 10.9. The molecule has 0 aliphatic heterocycles. The molecule has 0 saturated carbocycles. The van der Waals surface area contributed by atoms with Crippen molar-refractivity contribution in [2.75, 3.05) is 18.6 Å². The summed E-state index contributed by atoms with van der Waals surface area (Å²) in [7, 11) is 0. The van der Waals surface area contributed by atoms with E-state index in [4.69, 9.17) is 16.3 Å². The minimum Gasteiger partial charge on any atom is -0.483 e. The van der Waals surface area contributed by atoms with E-state index in [-0.39, 0.29) is 36.9 Å². The summed E-state index contributed by atoms with van der Waals surface area (Å²) >= 11 is 6.15. The van der Waals surface area contributed by atoms with Gasteiger partial charge in [0.2, 0.25) is 5.91 Å². The van der Waals surface area contributed by atoms with Gasteiger partial charge in [-0.15, -0.1) is 10.2 Å². The lowest BCUT2D eigenvalue weighted by Gasteiger charge is -2.15. The van der Waals surface area contributed by atoms with Crippen LogP contribution in [0.4, 0.5) is 0 Å². The average molecular weight is 581 g/mol. The molecule has 12 nitrogen and oxygen atoms in total. The number of rotatable bonds is 12. The number of pyridine rings is 1. The first kappa shape index (κ1) is 29.4. The van der Waals surface area contributed by atoms with Crippen LogP contribution in [-0.2, 0) is 29.1 Å². The van der Waals surface area contributed by atoms with Crippen molar-refractivity contribution in [2.45, 2.75) is 47.2 Å². The molecule has 0 bridgehead atoms. The number of nitrogens with one attached hydrogen (secondary N) is 3. The van der Waals surface area contributed by atoms with Crippen molar-refractivity contribution in [2.24, 2.45) is 0 Å². The number of benzene rings is 1. The molecule has 41 heavy (non-hydrogen) atoms. The lowest BCUT2D eigenvalue weighted by Crippen LogP contribution is -2.34. The van der Waals surface area contributed by atoms with Crippen LogP contribution >= 0.6 is 11.6 Å². The summed E-state index contributed by atoms with van der Waals surface area (Å²) in [5.41, 5.74) is 7.52. The van der Waals surface area contributed by atoms with Crippen LogP contribution in [-0.4, -0.2) is 49.2 Å². The zero-order chi connectivity index (χ0) is 29.5. The summed E-state index contributed by atoms with van der Waals surface area (Å²) in [5.74, 6) is -0.151. The van der Waals surface area contributed by atoms with E-state index in [2.05, 4.69) is 26.3 Å². The number of aryl methyl sites for hydroxylation is 2. The van der Waals surface area contributed by atoms with Gasteiger partial charge in [0.1, 0.15) is 18.4 Å². The first-order valence-electron chi connectivity index (χ1n) is 13.1. The van der Waals surface area contributed by atoms with Crippen LogP contribution in [0, 0.1) is 20.8 Å². The van der Waals surface area contributed by atoms with Crippen LogP contribution in [0.2, 0.25) is 5.02 Å². The Balaban J connectivity index is 1.41. The third kappa shape index (κ3) is 7.14. The lowest BCUT2D eigenvalue weighted by atomic mass is 10.1. The molecular formula is C28H33ClN8O4. The molecule has 2 amide bonds. The number of carbonyl (C=O) groups excluding carboxylic acids is 2. The molecule has 0 aliphatic carbocycles. The third-order valence-corrected chi connectivity index (χ3v) is 6.81. The predicted octanol–water partition coefficient (Wildman–Crippen LogP) is 2.25. The van der Waals surface area contributed by atoms with Crippen molar-refractivity contribution in [3.8, 4) is 5.75 Å². The highest BCUT2D eigenvalue weighted by Gasteiger charge is 2.15. The van der Waals surface area contributed by atoms with E-state index in [1.807, 2.05) is 31.5 Å². The van der Waals surface area contributed by atoms with Gasteiger partial charge in [0.25, 0.3) is 11.5 Å². The molecule has 0 saturated heterocycles. The van der Waals surface area contributed by atoms with E-state index in [1.165, 1.54) is 4.68 Å². The molecule has 4 aromatic rings. The first-order chi connectivity index (χ1) is 19.7. The minimum atomic E-state index is -0.338. The van der Waals surface area contributed by atoms with Crippen LogP contribution in [0.5, 0.6) is 5.75 Å². The molecule has 3 heterocycles. The zero-order valence-corrected chi connectivity index (χ0v) is 24.2. The van der Waals surface area contributed by atoms with E-state index >= 15 is 0 Å². The Bertz CT molecular complexity index is 1590. The second kappa shape index (κ2) is 13.2. The highest BCUT2D eigenvalue weighted by atomic mass is 35.5. The Hall–Kier alpha value is -4.58. The Morgan fingerprint density at radius 1 is 0.976 bits per heavy atom. The monoisotopic (exact) mass is 580 g/mol. The van der Waals surface area contributed by atoms with Gasteiger partial charge in [-0.25, -0.2) is 9.35 Å². The Morgan fingerprint density at radius 2 is 1.73 bits per heavy atom. The van der Waals surface area contributed by atoms with Gasteiger partial charge in [0.05, 0.1) is 13.0 Å². The van der Waals surface area contributed by atoms with Crippen molar-refractivity contribution in [3.05, 3.63) is 98.2 Å². The van der Waals surface area contributed by atoms with E-state index in [0.717, 1.165) is 17.0 Å². The number of ether oxygens (including phenoxy) is 1. The van der Waals surface area contributed by atoms with Crippen LogP contribution in [0.3, 0.4) is 0 Å². The fourth-order valence-corrected chi connectivity index (χ4v) is 4.66. The van der Waals surface area contributed by atoms with Crippen molar-refractivity contribution in [1.82, 2.24) is 34.9 Å². The summed E-state index contributed by atoms with van der Waals surface area (Å²) in [4.78, 5) is 38.0. The standard InChI is InChI=1S/C28H33ClN8O4/c1-5-30-27(39)15-41-25-7-6-23(29)11-22(25)13-31-26(38)12-24-18(2)8-9-36(28(24)40)34-14-21-10-19(3)37(20(21)4)35-16-32-33-17-35/h6-11,16-17,34H,5,12-15H2,1-4H3,(H,30,39)(H,31,38). The maximum absolute atomic E-state index is 13.3. The van der Waals surface area contributed by atoms with Crippen LogP contribution in [0.25, 0.3) is 0 Å². The molecule has 3 aromatic heterocycles. The number of likely N-dealkylation sites (N-methyl/N-ethyl adjacent to an activating group) is 1. The van der Waals surface area contributed by atoms with Gasteiger partial charge in [-0.05, 0) is 69.2 Å². The van der Waals surface area contributed by atoms with Crippen molar-refractivity contribution < 1.29 is 14.3 Å². The van der Waals surface area contributed by atoms with Gasteiger partial charge in [-0.1, -0.05) is 11.6 Å². The number of halogens is 1. The molecule has 0 spiro atoms. The number of amides is 2. The summed E-state index contributed by atoms with van der Waals surface area (Å²) in [5, 5.41) is 13.7. The number of nitrogens with zero attached hydrogens (tertiary/aromatic N) is 5. The van der Waals surface area contributed by atoms with E-state index < -0.39 is 0 Å². The number of carbonyl (C=O) groups is 2. The topological polar surface area (TPSA) is 137 Å². The molecule has 13 heteroatoms. The van der Waals surface area contributed by atoms with E-state index in [9.17, 15) is 14.4 Å². The number of hydrogen-bond acceptors (Lipinski definition) is 7. The van der Waals surface area contributed by atoms with Gasteiger partial charge in [-0.3, -0.25) is 19.1 Å². The smallest absolute Gasteiger partial charge is 0.272 e. The zero-order valence-electron chi connectivity index (χ0n) is 23.4. The first-order valence-corrected chi connectivity index (χ1v) is 13.5. The van der Waals surface area contributed by atoms with Crippen LogP contribution in [0.1, 0.15) is 40.6 Å². The van der Waals surface area contributed by atoms with Crippen molar-refractivity contribution in [1.29, 1.82) is 0 Å². The number of aromatic nitrogens is 5. The maximum atomic E-state index is 13.3. The Morgan fingerprint density at radius 3 is 2.46 bits per heavy atom. The van der Waals surface area contributed by atoms with Gasteiger partial charge < -0.3 is 20.8 Å². The summed E-state index contributed by atoms with van der Waals surface area (Å²) in [6, 6.07) is 8.79. The van der Waals surface area contributed by atoms with Crippen molar-refractivity contribution in [3.63, 3.8) is 0 Å². The van der Waals surface area contributed by atoms with Crippen LogP contribution in [0.15, 0.2) is 54.0 Å². The lowest BCUT2D eigenvalue weighted by molar-refractivity contribution is -0.123. The second-order valence-corrected chi connectivity index (χ2v) is 9.92. The molecule has 4 rings (SSSR count). The molecule has 0 unspecified atom stereocenters. The summed E-state index contributed by atoms with van der Waals surface area (Å²) in [6.45, 7) is 8.43. The highest BCUT2D eigenvalue weighted by Crippen LogP contribution is 2.23. The largest absolute Gasteiger partial charge is 0.483 e. The Labute approximate surface area is 242 Å². The summed E-state index contributed by atoms with van der Waals surface area (Å²) < 4.78 is 10.8. The van der Waals surface area contributed by atoms with Gasteiger partial charge >= 0.3 is 0 Å². The molecule has 0 fully saturated rings. The second-order valence-electron chi connectivity index (χ2n) is 9.49. The molecule has 1 aromatic carbocycles. The molecule has 0 atom stereocenters. The van der Waals surface area contributed by atoms with Gasteiger partial charge in [-0.2, -0.15) is 0 Å². The molecule has 216 valence electrons. The fraction of sp³-hybridized carbons (Fsp3) is 0.321. The van der Waals surface area contributed by atoms with Gasteiger partial charge in [0, 0.05) is 46.8 Å². The highest BCUT2D eigenvalue weighted by molar-refractivity contribution is 6.30. The molecule has 3 N–H and O–H groups in total. The van der Waals surface area contributed by atoms with Gasteiger partial charge in [0.15, 0.2) is 6.61 Å². The quantitative estimate of drug-likeness (QED) is 0.234. The molecule has 0 radical (unpaired) electrons. The summed E-state index contributed by atoms with van der Waals surface area (Å²) in [6.07, 6.45) is 4.78. The number of hydrogen-bond donors (Lipinski definition) is 3. The van der Waals surface area contributed by atoms with Crippen LogP contribution < -0.4 is 26.4 Å². The molecule has 0 aliphatic rings. The average Bonchev–Trinajstić information content (AvgIpc) is 3.56. The Kier molecular flexibility index (Phi) is 9.45. The third-order valence-electron chi connectivity index (χ3n) is 6.57. The predicted molar refractivity (Wildman–Crippen MR) is 154 cm³/mol. The fourth-order valence-electron chi connectivity index (χ4n) is 4.47. The van der Waals surface area contributed by atoms with E-state index in [1.54, 1.807) is 54.7 Å². The maximum Gasteiger partial charge on any atom is 0.272 e.